The van der Waals surface area contributed by atoms with Crippen LogP contribution in [-0.2, 0) is 0 Å². The number of rotatable bonds is 3. The lowest BCUT2D eigenvalue weighted by molar-refractivity contribution is 0.436. The van der Waals surface area contributed by atoms with Crippen molar-refractivity contribution in [1.29, 1.82) is 0 Å². The van der Waals surface area contributed by atoms with Crippen LogP contribution >= 0.6 is 12.2 Å². The van der Waals surface area contributed by atoms with Crippen LogP contribution in [0.4, 0.5) is 0 Å². The molecule has 0 saturated heterocycles. The fourth-order valence-corrected chi connectivity index (χ4v) is 1.75. The molecule has 0 aliphatic carbocycles. The van der Waals surface area contributed by atoms with Gasteiger partial charge in [0.05, 0.1) is 0 Å². The summed E-state index contributed by atoms with van der Waals surface area (Å²) < 4.78 is 5.72. The van der Waals surface area contributed by atoms with Crippen molar-refractivity contribution in [1.82, 2.24) is 9.97 Å². The van der Waals surface area contributed by atoms with Crippen molar-refractivity contribution in [2.45, 2.75) is 20.8 Å². The van der Waals surface area contributed by atoms with Gasteiger partial charge >= 0.3 is 6.01 Å². The van der Waals surface area contributed by atoms with Gasteiger partial charge in [0.1, 0.15) is 16.4 Å². The van der Waals surface area contributed by atoms with Crippen LogP contribution in [0.15, 0.2) is 24.3 Å². The number of nitrogens with zero attached hydrogens (tertiary/aromatic N) is 2. The molecule has 0 unspecified atom stereocenters. The molecule has 5 heteroatoms. The van der Waals surface area contributed by atoms with Crippen LogP contribution in [0.3, 0.4) is 0 Å². The third kappa shape index (κ3) is 3.06. The standard InChI is InChI=1S/C14H15N3OS/c1-8-5-4-6-12(10(8)3)18-14-16-9(2)7-11(17-14)13(15)19/h4-7H,1-3H3,(H2,15,19). The number of hydrogen-bond acceptors (Lipinski definition) is 4. The number of aryl methyl sites for hydroxylation is 2. The fraction of sp³-hybridized carbons (Fsp3) is 0.214. The second kappa shape index (κ2) is 5.32. The first kappa shape index (κ1) is 13.4. The lowest BCUT2D eigenvalue weighted by Gasteiger charge is -2.10. The van der Waals surface area contributed by atoms with E-state index in [0.29, 0.717) is 5.69 Å². The molecular formula is C14H15N3OS. The highest BCUT2D eigenvalue weighted by molar-refractivity contribution is 7.80. The summed E-state index contributed by atoms with van der Waals surface area (Å²) in [6, 6.07) is 7.84. The van der Waals surface area contributed by atoms with Crippen LogP contribution in [0.2, 0.25) is 0 Å². The molecule has 0 radical (unpaired) electrons. The molecule has 0 aliphatic heterocycles. The molecule has 0 amide bonds. The van der Waals surface area contributed by atoms with Crippen LogP contribution in [0.25, 0.3) is 0 Å². The first-order valence-electron chi connectivity index (χ1n) is 5.87. The Morgan fingerprint density at radius 2 is 1.95 bits per heavy atom. The predicted molar refractivity (Wildman–Crippen MR) is 78.6 cm³/mol. The summed E-state index contributed by atoms with van der Waals surface area (Å²) in [5, 5.41) is 0. The van der Waals surface area contributed by atoms with E-state index in [1.807, 2.05) is 39.0 Å². The molecule has 1 aromatic heterocycles. The molecule has 1 heterocycles. The highest BCUT2D eigenvalue weighted by Gasteiger charge is 2.09. The summed E-state index contributed by atoms with van der Waals surface area (Å²) in [5.74, 6) is 0.736. The first-order chi connectivity index (χ1) is 8.97. The van der Waals surface area contributed by atoms with E-state index in [4.69, 9.17) is 22.7 Å². The highest BCUT2D eigenvalue weighted by atomic mass is 32.1. The van der Waals surface area contributed by atoms with Crippen molar-refractivity contribution in [3.05, 3.63) is 46.8 Å². The number of benzene rings is 1. The molecule has 98 valence electrons. The molecule has 0 spiro atoms. The van der Waals surface area contributed by atoms with Crippen molar-refractivity contribution in [2.75, 3.05) is 0 Å². The zero-order chi connectivity index (χ0) is 14.0. The molecular weight excluding hydrogens is 258 g/mol. The molecule has 2 N–H and O–H groups in total. The molecule has 1 aromatic carbocycles. The number of hydrogen-bond donors (Lipinski definition) is 1. The topological polar surface area (TPSA) is 61.0 Å². The average molecular weight is 273 g/mol. The van der Waals surface area contributed by atoms with Gasteiger partial charge in [0.2, 0.25) is 0 Å². The van der Waals surface area contributed by atoms with Gasteiger partial charge in [-0.2, -0.15) is 4.98 Å². The molecule has 0 saturated carbocycles. The van der Waals surface area contributed by atoms with Crippen molar-refractivity contribution < 1.29 is 4.74 Å². The van der Waals surface area contributed by atoms with E-state index in [-0.39, 0.29) is 11.0 Å². The molecule has 2 rings (SSSR count). The van der Waals surface area contributed by atoms with Crippen molar-refractivity contribution >= 4 is 17.2 Å². The number of thiocarbonyl (C=S) groups is 1. The van der Waals surface area contributed by atoms with Gasteiger partial charge in [0, 0.05) is 5.69 Å². The minimum Gasteiger partial charge on any atom is -0.424 e. The van der Waals surface area contributed by atoms with Crippen LogP contribution < -0.4 is 10.5 Å². The zero-order valence-corrected chi connectivity index (χ0v) is 11.9. The van der Waals surface area contributed by atoms with Crippen LogP contribution in [0.1, 0.15) is 22.5 Å². The van der Waals surface area contributed by atoms with E-state index in [1.54, 1.807) is 6.07 Å². The number of nitrogens with two attached hydrogens (primary N) is 1. The van der Waals surface area contributed by atoms with E-state index >= 15 is 0 Å². The van der Waals surface area contributed by atoms with Crippen LogP contribution in [-0.4, -0.2) is 15.0 Å². The van der Waals surface area contributed by atoms with Crippen molar-refractivity contribution in [3.63, 3.8) is 0 Å². The largest absolute Gasteiger partial charge is 0.424 e. The molecule has 4 nitrogen and oxygen atoms in total. The Hall–Kier alpha value is -2.01. The monoisotopic (exact) mass is 273 g/mol. The number of aromatic nitrogens is 2. The van der Waals surface area contributed by atoms with Gasteiger partial charge in [-0.1, -0.05) is 24.4 Å². The van der Waals surface area contributed by atoms with Gasteiger partial charge in [-0.15, -0.1) is 0 Å². The quantitative estimate of drug-likeness (QED) is 0.871. The Kier molecular flexibility index (Phi) is 3.76. The van der Waals surface area contributed by atoms with E-state index in [0.717, 1.165) is 22.6 Å². The van der Waals surface area contributed by atoms with E-state index in [1.165, 1.54) is 0 Å². The highest BCUT2D eigenvalue weighted by Crippen LogP contribution is 2.24. The molecule has 0 atom stereocenters. The maximum absolute atomic E-state index is 5.72. The van der Waals surface area contributed by atoms with Crippen molar-refractivity contribution in [2.24, 2.45) is 5.73 Å². The van der Waals surface area contributed by atoms with E-state index in [2.05, 4.69) is 9.97 Å². The van der Waals surface area contributed by atoms with Crippen LogP contribution in [0.5, 0.6) is 11.8 Å². The van der Waals surface area contributed by atoms with Gasteiger partial charge in [0.25, 0.3) is 0 Å². The van der Waals surface area contributed by atoms with Gasteiger partial charge in [0.15, 0.2) is 0 Å². The van der Waals surface area contributed by atoms with Gasteiger partial charge in [-0.3, -0.25) is 0 Å². The maximum Gasteiger partial charge on any atom is 0.322 e. The second-order valence-electron chi connectivity index (χ2n) is 4.34. The molecule has 2 aromatic rings. The average Bonchev–Trinajstić information content (AvgIpc) is 2.34. The molecule has 0 aliphatic rings. The smallest absolute Gasteiger partial charge is 0.322 e. The summed E-state index contributed by atoms with van der Waals surface area (Å²) in [5.41, 5.74) is 9.08. The predicted octanol–water partition coefficient (Wildman–Crippen LogP) is 2.83. The summed E-state index contributed by atoms with van der Waals surface area (Å²) in [4.78, 5) is 8.67. The molecule has 19 heavy (non-hydrogen) atoms. The fourth-order valence-electron chi connectivity index (χ4n) is 1.65. The van der Waals surface area contributed by atoms with Crippen LogP contribution in [0, 0.1) is 20.8 Å². The maximum atomic E-state index is 5.72. The second-order valence-corrected chi connectivity index (χ2v) is 4.78. The minimum absolute atomic E-state index is 0.233. The summed E-state index contributed by atoms with van der Waals surface area (Å²) >= 11 is 4.92. The molecule has 0 fully saturated rings. The third-order valence-electron chi connectivity index (χ3n) is 2.84. The molecule has 0 bridgehead atoms. The SMILES string of the molecule is Cc1cc(C(N)=S)nc(Oc2cccc(C)c2C)n1. The minimum atomic E-state index is 0.233. The Balaban J connectivity index is 2.38. The Morgan fingerprint density at radius 3 is 2.63 bits per heavy atom. The zero-order valence-electron chi connectivity index (χ0n) is 11.1. The lowest BCUT2D eigenvalue weighted by atomic mass is 10.1. The van der Waals surface area contributed by atoms with Gasteiger partial charge in [-0.05, 0) is 44.0 Å². The summed E-state index contributed by atoms with van der Waals surface area (Å²) in [7, 11) is 0. The van der Waals surface area contributed by atoms with Crippen molar-refractivity contribution in [3.8, 4) is 11.8 Å². The van der Waals surface area contributed by atoms with E-state index < -0.39 is 0 Å². The Bertz CT molecular complexity index is 641. The van der Waals surface area contributed by atoms with E-state index in [9.17, 15) is 0 Å². The normalized spacial score (nSPS) is 10.3. The third-order valence-corrected chi connectivity index (χ3v) is 3.05. The van der Waals surface area contributed by atoms with Gasteiger partial charge < -0.3 is 10.5 Å². The summed E-state index contributed by atoms with van der Waals surface area (Å²) in [6.07, 6.45) is 0. The first-order valence-corrected chi connectivity index (χ1v) is 6.28. The lowest BCUT2D eigenvalue weighted by Crippen LogP contribution is -2.13. The Morgan fingerprint density at radius 1 is 1.21 bits per heavy atom. The van der Waals surface area contributed by atoms with Gasteiger partial charge in [-0.25, -0.2) is 4.98 Å². The summed E-state index contributed by atoms with van der Waals surface area (Å²) in [6.45, 7) is 5.87. The Labute approximate surface area is 117 Å². The number of ether oxygens (including phenoxy) is 1.